The molecule has 0 fully saturated rings. The Morgan fingerprint density at radius 3 is 2.60 bits per heavy atom. The Bertz CT molecular complexity index is 492. The summed E-state index contributed by atoms with van der Waals surface area (Å²) in [4.78, 5) is -0.0677. The Labute approximate surface area is 97.7 Å². The average Bonchev–Trinajstić information content (AvgIpc) is 2.08. The zero-order valence-corrected chi connectivity index (χ0v) is 10.6. The van der Waals surface area contributed by atoms with E-state index in [9.17, 15) is 8.42 Å². The molecule has 0 aromatic heterocycles. The van der Waals surface area contributed by atoms with Crippen LogP contribution in [0, 0.1) is 6.92 Å². The highest BCUT2D eigenvalue weighted by molar-refractivity contribution is 9.10. The number of benzene rings is 1. The first-order valence-electron chi connectivity index (χ1n) is 4.24. The Hall–Kier alpha value is -0.650. The lowest BCUT2D eigenvalue weighted by molar-refractivity contribution is 0.482. The molecule has 82 valence electrons. The first-order valence-corrected chi connectivity index (χ1v) is 6.47. The van der Waals surface area contributed by atoms with Crippen LogP contribution in [0.25, 0.3) is 0 Å². The molecule has 5 heteroatoms. The molecular weight excluding hydrogens is 280 g/mol. The standard InChI is InChI=1S/C10H11BrO3S/c1-3-4-8-6-5-7(2)10(9(8)11)15(12,13)14/h3,5-6H,1,4H2,2H3,(H,12,13,14). The molecule has 0 aliphatic rings. The Morgan fingerprint density at radius 2 is 2.13 bits per heavy atom. The van der Waals surface area contributed by atoms with Crippen LogP contribution >= 0.6 is 15.9 Å². The molecule has 1 N–H and O–H groups in total. The minimum Gasteiger partial charge on any atom is -0.282 e. The van der Waals surface area contributed by atoms with E-state index in [4.69, 9.17) is 4.55 Å². The maximum atomic E-state index is 11.1. The number of allylic oxidation sites excluding steroid dienone is 1. The zero-order valence-electron chi connectivity index (χ0n) is 8.20. The molecule has 1 aromatic carbocycles. The minimum atomic E-state index is -4.19. The van der Waals surface area contributed by atoms with Crippen molar-refractivity contribution in [2.24, 2.45) is 0 Å². The van der Waals surface area contributed by atoms with E-state index in [0.717, 1.165) is 5.56 Å². The highest BCUT2D eigenvalue weighted by Gasteiger charge is 2.19. The minimum absolute atomic E-state index is 0.0677. The van der Waals surface area contributed by atoms with Crippen LogP contribution in [-0.4, -0.2) is 13.0 Å². The van der Waals surface area contributed by atoms with Gasteiger partial charge in [-0.2, -0.15) is 8.42 Å². The van der Waals surface area contributed by atoms with E-state index in [-0.39, 0.29) is 4.90 Å². The van der Waals surface area contributed by atoms with Gasteiger partial charge in [0.15, 0.2) is 0 Å². The van der Waals surface area contributed by atoms with Crippen molar-refractivity contribution in [1.82, 2.24) is 0 Å². The second-order valence-corrected chi connectivity index (χ2v) is 5.30. The molecule has 0 saturated carbocycles. The molecule has 0 heterocycles. The van der Waals surface area contributed by atoms with Gasteiger partial charge < -0.3 is 0 Å². The molecule has 0 unspecified atom stereocenters. The van der Waals surface area contributed by atoms with Crippen molar-refractivity contribution in [3.63, 3.8) is 0 Å². The maximum absolute atomic E-state index is 11.1. The summed E-state index contributed by atoms with van der Waals surface area (Å²) < 4.78 is 31.7. The maximum Gasteiger partial charge on any atom is 0.295 e. The predicted octanol–water partition coefficient (Wildman–Crippen LogP) is 2.73. The van der Waals surface area contributed by atoms with Crippen molar-refractivity contribution in [1.29, 1.82) is 0 Å². The lowest BCUT2D eigenvalue weighted by Gasteiger charge is -2.09. The van der Waals surface area contributed by atoms with E-state index >= 15 is 0 Å². The SMILES string of the molecule is C=CCc1ccc(C)c(S(=O)(=O)O)c1Br. The molecule has 0 spiro atoms. The smallest absolute Gasteiger partial charge is 0.282 e. The Kier molecular flexibility index (Phi) is 3.70. The number of aryl methyl sites for hydroxylation is 1. The summed E-state index contributed by atoms with van der Waals surface area (Å²) >= 11 is 3.18. The van der Waals surface area contributed by atoms with E-state index in [0.29, 0.717) is 16.5 Å². The molecule has 0 amide bonds. The lowest BCUT2D eigenvalue weighted by Crippen LogP contribution is -2.04. The topological polar surface area (TPSA) is 54.4 Å². The third-order valence-corrected chi connectivity index (χ3v) is 4.21. The summed E-state index contributed by atoms with van der Waals surface area (Å²) in [5.41, 5.74) is 1.29. The van der Waals surface area contributed by atoms with Gasteiger partial charge in [0.2, 0.25) is 0 Å². The fraction of sp³-hybridized carbons (Fsp3) is 0.200. The highest BCUT2D eigenvalue weighted by Crippen LogP contribution is 2.29. The van der Waals surface area contributed by atoms with Crippen molar-refractivity contribution in [2.75, 3.05) is 0 Å². The van der Waals surface area contributed by atoms with Crippen molar-refractivity contribution in [3.05, 3.63) is 40.4 Å². The van der Waals surface area contributed by atoms with Crippen molar-refractivity contribution in [2.45, 2.75) is 18.2 Å². The van der Waals surface area contributed by atoms with Crippen LogP contribution in [0.2, 0.25) is 0 Å². The second kappa shape index (κ2) is 4.47. The lowest BCUT2D eigenvalue weighted by atomic mass is 10.1. The molecular formula is C10H11BrO3S. The monoisotopic (exact) mass is 290 g/mol. The summed E-state index contributed by atoms with van der Waals surface area (Å²) in [6, 6.07) is 3.46. The second-order valence-electron chi connectivity index (χ2n) is 3.15. The van der Waals surface area contributed by atoms with Gasteiger partial charge in [0.05, 0.1) is 0 Å². The van der Waals surface area contributed by atoms with Crippen LogP contribution in [0.15, 0.2) is 34.2 Å². The molecule has 1 rings (SSSR count). The summed E-state index contributed by atoms with van der Waals surface area (Å²) in [5.74, 6) is 0. The number of hydrogen-bond acceptors (Lipinski definition) is 2. The third kappa shape index (κ3) is 2.68. The first kappa shape index (κ1) is 12.4. The van der Waals surface area contributed by atoms with Gasteiger partial charge in [-0.05, 0) is 40.4 Å². The molecule has 1 aromatic rings. The molecule has 0 atom stereocenters. The van der Waals surface area contributed by atoms with Crippen LogP contribution in [0.4, 0.5) is 0 Å². The van der Waals surface area contributed by atoms with Gasteiger partial charge in [0, 0.05) is 4.47 Å². The third-order valence-electron chi connectivity index (χ3n) is 2.00. The van der Waals surface area contributed by atoms with Gasteiger partial charge in [0.25, 0.3) is 10.1 Å². The van der Waals surface area contributed by atoms with Gasteiger partial charge in [-0.3, -0.25) is 4.55 Å². The number of halogens is 1. The van der Waals surface area contributed by atoms with Gasteiger partial charge in [-0.15, -0.1) is 6.58 Å². The van der Waals surface area contributed by atoms with Crippen molar-refractivity contribution in [3.8, 4) is 0 Å². The van der Waals surface area contributed by atoms with Gasteiger partial charge in [0.1, 0.15) is 4.90 Å². The van der Waals surface area contributed by atoms with Crippen LogP contribution in [0.5, 0.6) is 0 Å². The highest BCUT2D eigenvalue weighted by atomic mass is 79.9. The van der Waals surface area contributed by atoms with E-state index in [1.54, 1.807) is 25.1 Å². The summed E-state index contributed by atoms with van der Waals surface area (Å²) in [7, 11) is -4.19. The first-order chi connectivity index (χ1) is 6.88. The summed E-state index contributed by atoms with van der Waals surface area (Å²) in [6.07, 6.45) is 2.21. The number of rotatable bonds is 3. The van der Waals surface area contributed by atoms with E-state index in [2.05, 4.69) is 22.5 Å². The molecule has 0 bridgehead atoms. The fourth-order valence-electron chi connectivity index (χ4n) is 1.32. The van der Waals surface area contributed by atoms with E-state index < -0.39 is 10.1 Å². The molecule has 3 nitrogen and oxygen atoms in total. The molecule has 15 heavy (non-hydrogen) atoms. The Balaban J connectivity index is 3.50. The predicted molar refractivity (Wildman–Crippen MR) is 62.6 cm³/mol. The van der Waals surface area contributed by atoms with E-state index in [1.165, 1.54) is 0 Å². The summed E-state index contributed by atoms with van der Waals surface area (Å²) in [5, 5.41) is 0. The zero-order chi connectivity index (χ0) is 11.6. The average molecular weight is 291 g/mol. The van der Waals surface area contributed by atoms with Gasteiger partial charge in [-0.1, -0.05) is 18.2 Å². The molecule has 0 aliphatic carbocycles. The van der Waals surface area contributed by atoms with E-state index in [1.807, 2.05) is 0 Å². The quantitative estimate of drug-likeness (QED) is 0.688. The van der Waals surface area contributed by atoms with Crippen molar-refractivity contribution >= 4 is 26.0 Å². The molecule has 0 aliphatic heterocycles. The fourth-order valence-corrected chi connectivity index (χ4v) is 3.38. The molecule has 0 saturated heterocycles. The van der Waals surface area contributed by atoms with Gasteiger partial charge >= 0.3 is 0 Å². The van der Waals surface area contributed by atoms with Crippen LogP contribution < -0.4 is 0 Å². The van der Waals surface area contributed by atoms with Crippen molar-refractivity contribution < 1.29 is 13.0 Å². The van der Waals surface area contributed by atoms with Crippen LogP contribution in [-0.2, 0) is 16.5 Å². The van der Waals surface area contributed by atoms with Crippen LogP contribution in [0.1, 0.15) is 11.1 Å². The van der Waals surface area contributed by atoms with Gasteiger partial charge in [-0.25, -0.2) is 0 Å². The number of hydrogen-bond donors (Lipinski definition) is 1. The van der Waals surface area contributed by atoms with Crippen LogP contribution in [0.3, 0.4) is 0 Å². The summed E-state index contributed by atoms with van der Waals surface area (Å²) in [6.45, 7) is 5.21. The largest absolute Gasteiger partial charge is 0.295 e. The normalized spacial score (nSPS) is 11.4. The molecule has 0 radical (unpaired) electrons. The Morgan fingerprint density at radius 1 is 1.53 bits per heavy atom.